The van der Waals surface area contributed by atoms with Crippen molar-refractivity contribution in [2.45, 2.75) is 67.7 Å². The van der Waals surface area contributed by atoms with Crippen LogP contribution in [0.2, 0.25) is 0 Å². The van der Waals surface area contributed by atoms with Crippen molar-refractivity contribution in [2.24, 2.45) is 17.1 Å². The van der Waals surface area contributed by atoms with Crippen LogP contribution < -0.4 is 5.73 Å². The van der Waals surface area contributed by atoms with E-state index in [0.717, 1.165) is 68.8 Å². The Hall–Kier alpha value is -4.27. The minimum atomic E-state index is -0.225. The molecule has 1 saturated heterocycles. The Morgan fingerprint density at radius 3 is 2.09 bits per heavy atom. The van der Waals surface area contributed by atoms with E-state index in [9.17, 15) is 14.9 Å². The molecule has 5 nitrogen and oxygen atoms in total. The number of hydrogen-bond donors (Lipinski definition) is 1. The molecule has 1 aliphatic rings. The molecule has 5 rings (SSSR count). The lowest BCUT2D eigenvalue weighted by molar-refractivity contribution is -0.119. The fraction of sp³-hybridized carbons (Fsp3) is 0.359. The number of Topliss-reactive ketones (excluding diaryl/α,β-unsaturated/α-hetero) is 1. The van der Waals surface area contributed by atoms with Gasteiger partial charge in [-0.05, 0) is 107 Å². The number of hydrogen-bond acceptors (Lipinski definition) is 4. The maximum absolute atomic E-state index is 11.6. The zero-order valence-electron chi connectivity index (χ0n) is 27.3. The van der Waals surface area contributed by atoms with Gasteiger partial charge in [0.25, 0.3) is 0 Å². The lowest BCUT2D eigenvalue weighted by Gasteiger charge is -2.16. The van der Waals surface area contributed by atoms with Gasteiger partial charge in [0.2, 0.25) is 5.91 Å². The first-order valence-corrected chi connectivity index (χ1v) is 15.3. The summed E-state index contributed by atoms with van der Waals surface area (Å²) < 4.78 is 5.14. The topological polar surface area (TPSA) is 93.2 Å². The quantitative estimate of drug-likeness (QED) is 0.239. The van der Waals surface area contributed by atoms with Crippen molar-refractivity contribution < 1.29 is 15.8 Å². The van der Waals surface area contributed by atoms with E-state index in [4.69, 9.17) is 10.5 Å². The molecule has 0 spiro atoms. The Kier molecular flexibility index (Phi) is 12.0. The molecule has 0 unspecified atom stereocenters. The third-order valence-corrected chi connectivity index (χ3v) is 7.71. The van der Waals surface area contributed by atoms with E-state index < -0.39 is 0 Å². The molecule has 0 radical (unpaired) electrons. The molecule has 0 atom stereocenters. The van der Waals surface area contributed by atoms with Gasteiger partial charge in [0.15, 0.2) is 5.78 Å². The van der Waals surface area contributed by atoms with E-state index >= 15 is 0 Å². The van der Waals surface area contributed by atoms with Crippen molar-refractivity contribution in [3.63, 3.8) is 0 Å². The van der Waals surface area contributed by atoms with Crippen LogP contribution in [0, 0.1) is 36.5 Å². The fourth-order valence-corrected chi connectivity index (χ4v) is 5.16. The molecule has 4 aromatic rings. The monoisotopic (exact) mass is 592 g/mol. The Balaban J connectivity index is 0.000000364. The van der Waals surface area contributed by atoms with Crippen LogP contribution in [0.4, 0.5) is 0 Å². The lowest BCUT2D eigenvalue weighted by atomic mass is 9.92. The highest BCUT2D eigenvalue weighted by Crippen LogP contribution is 2.33. The van der Waals surface area contributed by atoms with E-state index in [2.05, 4.69) is 55.5 Å². The van der Waals surface area contributed by atoms with E-state index in [1.165, 1.54) is 12.8 Å². The molecule has 232 valence electrons. The van der Waals surface area contributed by atoms with Gasteiger partial charge in [-0.3, -0.25) is 9.59 Å². The number of carbonyl (C=O) groups excluding carboxylic acids is 2. The van der Waals surface area contributed by atoms with Crippen molar-refractivity contribution in [1.82, 2.24) is 0 Å². The molecule has 0 saturated carbocycles. The molecular formula is C39H48N2O3. The second-order valence-electron chi connectivity index (χ2n) is 13.0. The SMILES string of the molecule is CC(=O)c1ccc(-c2ccc3c(-c4ccc(C)c(C#N)c4)cccc3c2)c(C)c1.CC(C)(C)CC(N)=O.CC1CCOCC1.[HH]. The number of ether oxygens (including phenoxy) is 1. The van der Waals surface area contributed by atoms with Gasteiger partial charge >= 0.3 is 0 Å². The second-order valence-corrected chi connectivity index (χ2v) is 13.0. The van der Waals surface area contributed by atoms with Crippen molar-refractivity contribution in [3.05, 3.63) is 95.1 Å². The normalized spacial score (nSPS) is 13.1. The first-order chi connectivity index (χ1) is 20.8. The Morgan fingerprint density at radius 2 is 1.57 bits per heavy atom. The first kappa shape index (κ1) is 34.2. The maximum Gasteiger partial charge on any atom is 0.217 e. The highest BCUT2D eigenvalue weighted by Gasteiger charge is 2.13. The standard InChI is InChI=1S/C27H21NO.C6H13NO.C6H12O.H2/c1-17-7-8-23(15-24(17)16-28)26-6-4-5-21-14-22(10-12-27(21)26)25-11-9-20(19(3)29)13-18(25)2;1-6(2,3)4-5(7)8;1-6-2-4-7-5-3-6;/h4-15H,1-3H3;4H2,1-3H3,(H2,7,8);6H,2-5H2,1H3;1H. The van der Waals surface area contributed by atoms with Gasteiger partial charge in [-0.1, -0.05) is 82.3 Å². The summed E-state index contributed by atoms with van der Waals surface area (Å²) in [5.74, 6) is 0.767. The molecule has 1 fully saturated rings. The summed E-state index contributed by atoms with van der Waals surface area (Å²) in [4.78, 5) is 21.9. The number of nitrogens with two attached hydrogens (primary N) is 1. The van der Waals surface area contributed by atoms with Gasteiger partial charge in [0, 0.05) is 26.6 Å². The van der Waals surface area contributed by atoms with Crippen molar-refractivity contribution in [2.75, 3.05) is 13.2 Å². The summed E-state index contributed by atoms with van der Waals surface area (Å²) in [6, 6.07) is 26.9. The average molecular weight is 593 g/mol. The number of carbonyl (C=O) groups is 2. The smallest absolute Gasteiger partial charge is 0.217 e. The van der Waals surface area contributed by atoms with Crippen molar-refractivity contribution >= 4 is 22.5 Å². The van der Waals surface area contributed by atoms with Crippen LogP contribution in [-0.2, 0) is 9.53 Å². The van der Waals surface area contributed by atoms with E-state index in [1.54, 1.807) is 6.92 Å². The predicted molar refractivity (Wildman–Crippen MR) is 184 cm³/mol. The molecular weight excluding hydrogens is 544 g/mol. The Labute approximate surface area is 264 Å². The van der Waals surface area contributed by atoms with E-state index in [-0.39, 0.29) is 18.5 Å². The molecule has 1 amide bonds. The number of ketones is 1. The van der Waals surface area contributed by atoms with Gasteiger partial charge < -0.3 is 10.5 Å². The molecule has 0 aromatic heterocycles. The highest BCUT2D eigenvalue weighted by molar-refractivity contribution is 5.99. The number of nitriles is 1. The minimum absolute atomic E-state index is 0. The number of fused-ring (bicyclic) bond motifs is 1. The summed E-state index contributed by atoms with van der Waals surface area (Å²) in [7, 11) is 0. The number of rotatable bonds is 4. The first-order valence-electron chi connectivity index (χ1n) is 15.3. The lowest BCUT2D eigenvalue weighted by Crippen LogP contribution is -2.19. The third-order valence-electron chi connectivity index (χ3n) is 7.71. The van der Waals surface area contributed by atoms with Gasteiger partial charge in [-0.2, -0.15) is 5.26 Å². The number of benzene rings is 4. The van der Waals surface area contributed by atoms with Crippen LogP contribution in [-0.4, -0.2) is 24.9 Å². The van der Waals surface area contributed by atoms with Crippen molar-refractivity contribution in [3.8, 4) is 28.3 Å². The van der Waals surface area contributed by atoms with Gasteiger partial charge in [0.05, 0.1) is 11.6 Å². The molecule has 0 aliphatic carbocycles. The number of primary amides is 1. The highest BCUT2D eigenvalue weighted by atomic mass is 16.5. The minimum Gasteiger partial charge on any atom is -0.381 e. The van der Waals surface area contributed by atoms with E-state index in [0.29, 0.717) is 12.0 Å². The number of amides is 1. The Morgan fingerprint density at radius 1 is 0.909 bits per heavy atom. The van der Waals surface area contributed by atoms with Crippen LogP contribution in [0.5, 0.6) is 0 Å². The summed E-state index contributed by atoms with van der Waals surface area (Å²) in [6.45, 7) is 15.8. The zero-order valence-corrected chi connectivity index (χ0v) is 27.3. The molecule has 1 heterocycles. The van der Waals surface area contributed by atoms with Crippen LogP contribution in [0.25, 0.3) is 33.0 Å². The van der Waals surface area contributed by atoms with Gasteiger partial charge in [-0.15, -0.1) is 0 Å². The van der Waals surface area contributed by atoms with Crippen LogP contribution in [0.3, 0.4) is 0 Å². The number of aryl methyl sites for hydroxylation is 2. The number of nitrogens with zero attached hydrogens (tertiary/aromatic N) is 1. The summed E-state index contributed by atoms with van der Waals surface area (Å²) in [6.07, 6.45) is 2.99. The maximum atomic E-state index is 11.6. The van der Waals surface area contributed by atoms with Crippen LogP contribution >= 0.6 is 0 Å². The molecule has 0 bridgehead atoms. The molecule has 2 N–H and O–H groups in total. The zero-order chi connectivity index (χ0) is 32.4. The summed E-state index contributed by atoms with van der Waals surface area (Å²) in [5.41, 5.74) is 12.9. The predicted octanol–water partition coefficient (Wildman–Crippen LogP) is 9.45. The molecule has 4 aromatic carbocycles. The third kappa shape index (κ3) is 9.89. The summed E-state index contributed by atoms with van der Waals surface area (Å²) in [5, 5.41) is 11.7. The van der Waals surface area contributed by atoms with E-state index in [1.807, 2.05) is 65.0 Å². The average Bonchev–Trinajstić information content (AvgIpc) is 2.96. The largest absolute Gasteiger partial charge is 0.381 e. The Bertz CT molecular complexity index is 1660. The molecule has 5 heteroatoms. The van der Waals surface area contributed by atoms with Crippen LogP contribution in [0.1, 0.15) is 82.4 Å². The van der Waals surface area contributed by atoms with Gasteiger partial charge in [-0.25, -0.2) is 0 Å². The van der Waals surface area contributed by atoms with Gasteiger partial charge in [0.1, 0.15) is 0 Å². The summed E-state index contributed by atoms with van der Waals surface area (Å²) >= 11 is 0. The second kappa shape index (κ2) is 15.5. The van der Waals surface area contributed by atoms with Crippen LogP contribution in [0.15, 0.2) is 72.8 Å². The molecule has 44 heavy (non-hydrogen) atoms. The fourth-order valence-electron chi connectivity index (χ4n) is 5.16. The van der Waals surface area contributed by atoms with Crippen molar-refractivity contribution in [1.29, 1.82) is 5.26 Å². The molecule has 1 aliphatic heterocycles.